The molecule has 230 valence electrons. The van der Waals surface area contributed by atoms with Gasteiger partial charge in [0.15, 0.2) is 5.82 Å². The van der Waals surface area contributed by atoms with Crippen molar-refractivity contribution in [1.29, 1.82) is 0 Å². The number of halogens is 1. The van der Waals surface area contributed by atoms with E-state index in [-0.39, 0.29) is 24.5 Å². The Labute approximate surface area is 249 Å². The lowest BCUT2D eigenvalue weighted by Crippen LogP contribution is -2.45. The van der Waals surface area contributed by atoms with Crippen LogP contribution in [0.3, 0.4) is 0 Å². The van der Waals surface area contributed by atoms with Gasteiger partial charge in [0.2, 0.25) is 11.9 Å². The third kappa shape index (κ3) is 7.11. The fourth-order valence-electron chi connectivity index (χ4n) is 5.86. The van der Waals surface area contributed by atoms with Crippen LogP contribution in [-0.2, 0) is 4.79 Å². The predicted molar refractivity (Wildman–Crippen MR) is 165 cm³/mol. The van der Waals surface area contributed by atoms with Crippen LogP contribution in [0.1, 0.15) is 69.7 Å². The Balaban J connectivity index is 1.54. The summed E-state index contributed by atoms with van der Waals surface area (Å²) in [5.74, 6) is 1.47. The Morgan fingerprint density at radius 3 is 2.67 bits per heavy atom. The molecule has 1 aliphatic heterocycles. The van der Waals surface area contributed by atoms with E-state index in [1.54, 1.807) is 43.5 Å². The molecule has 1 unspecified atom stereocenters. The number of methoxy groups -OCH3 is 1. The predicted octanol–water partition coefficient (Wildman–Crippen LogP) is 4.78. The van der Waals surface area contributed by atoms with Crippen LogP contribution in [0.5, 0.6) is 5.75 Å². The molecule has 1 saturated carbocycles. The number of fused-ring (bicyclic) bond motifs is 1. The van der Waals surface area contributed by atoms with Crippen molar-refractivity contribution in [2.24, 2.45) is 5.41 Å². The monoisotopic (exact) mass is 583 g/mol. The van der Waals surface area contributed by atoms with Gasteiger partial charge in [-0.15, -0.1) is 0 Å². The summed E-state index contributed by atoms with van der Waals surface area (Å²) in [4.78, 5) is 41.7. The maximum atomic E-state index is 13.3. The van der Waals surface area contributed by atoms with Gasteiger partial charge in [-0.25, -0.2) is 9.37 Å². The largest absolute Gasteiger partial charge is 0.495 e. The summed E-state index contributed by atoms with van der Waals surface area (Å²) in [5, 5.41) is 6.36. The first-order valence-electron chi connectivity index (χ1n) is 15.0. The smallest absolute Gasteiger partial charge is 0.251 e. The summed E-state index contributed by atoms with van der Waals surface area (Å²) in [6.45, 7) is 7.29. The molecular weight excluding hydrogens is 537 g/mol. The summed E-state index contributed by atoms with van der Waals surface area (Å²) in [5.41, 5.74) is 1.24. The number of ether oxygens (including phenoxy) is 1. The second kappa shape index (κ2) is 13.7. The van der Waals surface area contributed by atoms with E-state index < -0.39 is 5.41 Å². The maximum Gasteiger partial charge on any atom is 0.251 e. The van der Waals surface area contributed by atoms with E-state index in [1.165, 1.54) is 12.8 Å². The molecule has 1 atom stereocenters. The fraction of sp³-hybridized carbons (Fsp3) is 0.613. The van der Waals surface area contributed by atoms with Crippen LogP contribution in [0, 0.1) is 5.41 Å². The molecule has 0 radical (unpaired) electrons. The number of hydrogen-bond donors (Lipinski definition) is 2. The average molecular weight is 584 g/mol. The SMILES string of the molecule is CCC(CCN(C)CCF)NC(=O)c1ccc(Nc2ncc3c(n2)N(C2CCCC2)CC(C)(C)C(=O)N3C)c(OC)c1. The van der Waals surface area contributed by atoms with E-state index in [4.69, 9.17) is 9.72 Å². The van der Waals surface area contributed by atoms with Crippen molar-refractivity contribution in [2.75, 3.05) is 62.6 Å². The lowest BCUT2D eigenvalue weighted by molar-refractivity contribution is -0.125. The van der Waals surface area contributed by atoms with E-state index in [0.29, 0.717) is 54.3 Å². The Morgan fingerprint density at radius 2 is 2.00 bits per heavy atom. The van der Waals surface area contributed by atoms with Crippen molar-refractivity contribution in [3.8, 4) is 5.75 Å². The molecule has 2 amide bonds. The van der Waals surface area contributed by atoms with Gasteiger partial charge in [0.25, 0.3) is 5.91 Å². The van der Waals surface area contributed by atoms with Crippen molar-refractivity contribution in [2.45, 2.75) is 71.4 Å². The highest BCUT2D eigenvalue weighted by Crippen LogP contribution is 2.40. The third-order valence-corrected chi connectivity index (χ3v) is 8.46. The highest BCUT2D eigenvalue weighted by molar-refractivity contribution is 6.01. The van der Waals surface area contributed by atoms with Gasteiger partial charge in [0.05, 0.1) is 24.4 Å². The first-order valence-corrected chi connectivity index (χ1v) is 15.0. The number of amides is 2. The second-order valence-corrected chi connectivity index (χ2v) is 12.1. The van der Waals surface area contributed by atoms with Crippen LogP contribution in [-0.4, -0.2) is 86.3 Å². The lowest BCUT2D eigenvalue weighted by atomic mass is 9.91. The molecule has 0 bridgehead atoms. The number of aromatic nitrogens is 2. The standard InChI is InChI=1S/C31H46FN7O3/c1-7-22(14-16-37(4)17-15-32)34-28(40)21-12-13-24(26(18-21)42-6)35-30-33-19-25-27(36-30)39(23-10-8-9-11-23)20-31(2,3)29(41)38(25)5/h12-13,18-19,22-23H,7-11,14-17,20H2,1-6H3,(H,34,40)(H,33,35,36). The number of carbonyl (C=O) groups is 2. The summed E-state index contributed by atoms with van der Waals surface area (Å²) >= 11 is 0. The molecule has 2 aromatic rings. The van der Waals surface area contributed by atoms with E-state index in [2.05, 4.69) is 20.5 Å². The van der Waals surface area contributed by atoms with E-state index in [9.17, 15) is 14.0 Å². The molecular formula is C31H46FN7O3. The van der Waals surface area contributed by atoms with Crippen molar-refractivity contribution in [3.05, 3.63) is 30.0 Å². The first kappa shape index (κ1) is 31.5. The van der Waals surface area contributed by atoms with E-state index in [1.807, 2.05) is 32.7 Å². The number of carbonyl (C=O) groups excluding carboxylic acids is 2. The number of rotatable bonds is 12. The molecule has 0 spiro atoms. The molecule has 2 N–H and O–H groups in total. The second-order valence-electron chi connectivity index (χ2n) is 12.1. The van der Waals surface area contributed by atoms with E-state index >= 15 is 0 Å². The molecule has 2 heterocycles. The molecule has 1 aromatic heterocycles. The van der Waals surface area contributed by atoms with Gasteiger partial charge in [-0.1, -0.05) is 19.8 Å². The molecule has 4 rings (SSSR count). The van der Waals surface area contributed by atoms with Gasteiger partial charge in [-0.3, -0.25) is 9.59 Å². The topological polar surface area (TPSA) is 103 Å². The van der Waals surface area contributed by atoms with Gasteiger partial charge < -0.3 is 30.1 Å². The molecule has 10 nitrogen and oxygen atoms in total. The van der Waals surface area contributed by atoms with Gasteiger partial charge >= 0.3 is 0 Å². The quantitative estimate of drug-likeness (QED) is 0.368. The van der Waals surface area contributed by atoms with Crippen LogP contribution >= 0.6 is 0 Å². The van der Waals surface area contributed by atoms with Crippen molar-refractivity contribution in [3.63, 3.8) is 0 Å². The molecule has 1 aromatic carbocycles. The zero-order chi connectivity index (χ0) is 30.4. The number of benzene rings is 1. The summed E-state index contributed by atoms with van der Waals surface area (Å²) < 4.78 is 18.2. The zero-order valence-corrected chi connectivity index (χ0v) is 25.9. The molecule has 0 saturated heterocycles. The normalized spacial score (nSPS) is 17.7. The van der Waals surface area contributed by atoms with Crippen LogP contribution < -0.4 is 25.2 Å². The number of nitrogens with one attached hydrogen (secondary N) is 2. The zero-order valence-electron chi connectivity index (χ0n) is 25.9. The average Bonchev–Trinajstić information content (AvgIpc) is 3.50. The Hall–Kier alpha value is -3.47. The van der Waals surface area contributed by atoms with Crippen molar-refractivity contribution < 1.29 is 18.7 Å². The molecule has 1 aliphatic carbocycles. The minimum Gasteiger partial charge on any atom is -0.495 e. The van der Waals surface area contributed by atoms with Gasteiger partial charge in [-0.05, 0) is 71.3 Å². The minimum atomic E-state index is -0.563. The van der Waals surface area contributed by atoms with Gasteiger partial charge in [0.1, 0.15) is 18.1 Å². The molecule has 1 fully saturated rings. The van der Waals surface area contributed by atoms with Crippen molar-refractivity contribution in [1.82, 2.24) is 20.2 Å². The summed E-state index contributed by atoms with van der Waals surface area (Å²) in [7, 11) is 5.22. The third-order valence-electron chi connectivity index (χ3n) is 8.46. The van der Waals surface area contributed by atoms with Crippen LogP contribution in [0.25, 0.3) is 0 Å². The number of nitrogens with zero attached hydrogens (tertiary/aromatic N) is 5. The molecule has 42 heavy (non-hydrogen) atoms. The maximum absolute atomic E-state index is 13.3. The van der Waals surface area contributed by atoms with Crippen LogP contribution in [0.15, 0.2) is 24.4 Å². The Kier molecular flexibility index (Phi) is 10.2. The van der Waals surface area contributed by atoms with E-state index in [0.717, 1.165) is 31.5 Å². The van der Waals surface area contributed by atoms with Crippen LogP contribution in [0.2, 0.25) is 0 Å². The minimum absolute atomic E-state index is 0.0193. The summed E-state index contributed by atoms with van der Waals surface area (Å²) in [6.07, 6.45) is 7.70. The summed E-state index contributed by atoms with van der Waals surface area (Å²) in [6, 6.07) is 5.53. The Bertz CT molecular complexity index is 1250. The highest BCUT2D eigenvalue weighted by Gasteiger charge is 2.41. The number of anilines is 4. The molecule has 2 aliphatic rings. The lowest BCUT2D eigenvalue weighted by Gasteiger charge is -2.34. The Morgan fingerprint density at radius 1 is 1.26 bits per heavy atom. The highest BCUT2D eigenvalue weighted by atomic mass is 19.1. The van der Waals surface area contributed by atoms with Gasteiger partial charge in [-0.2, -0.15) is 4.98 Å². The first-order chi connectivity index (χ1) is 20.1. The van der Waals surface area contributed by atoms with Crippen LogP contribution in [0.4, 0.5) is 27.5 Å². The van der Waals surface area contributed by atoms with Crippen molar-refractivity contribution >= 4 is 35.0 Å². The number of hydrogen-bond acceptors (Lipinski definition) is 8. The van der Waals surface area contributed by atoms with Gasteiger partial charge in [0, 0.05) is 37.8 Å². The molecule has 11 heteroatoms. The fourth-order valence-corrected chi connectivity index (χ4v) is 5.86. The number of alkyl halides is 1.